The van der Waals surface area contributed by atoms with Crippen LogP contribution in [-0.4, -0.2) is 39.4 Å². The van der Waals surface area contributed by atoms with Crippen LogP contribution in [0.2, 0.25) is 0 Å². The minimum atomic E-state index is -4.34. The summed E-state index contributed by atoms with van der Waals surface area (Å²) in [7, 11) is 3.31. The van der Waals surface area contributed by atoms with Crippen LogP contribution in [0.5, 0.6) is 11.5 Å². The Morgan fingerprint density at radius 1 is 0.931 bits per heavy atom. The normalized spacial score (nSPS) is 11.4. The largest absolute Gasteiger partial charge is 0.497 e. The van der Waals surface area contributed by atoms with Crippen LogP contribution >= 0.6 is 24.0 Å². The molecule has 0 aliphatic carbocycles. The van der Waals surface area contributed by atoms with Crippen LogP contribution in [0.3, 0.4) is 0 Å². The second-order valence-electron chi connectivity index (χ2n) is 6.00. The first-order valence-corrected chi connectivity index (χ1v) is 8.75. The molecule has 29 heavy (non-hydrogen) atoms. The summed E-state index contributed by atoms with van der Waals surface area (Å²) in [5, 5.41) is 6.39. The number of guanidine groups is 1. The van der Waals surface area contributed by atoms with Crippen molar-refractivity contribution in [2.24, 2.45) is 4.99 Å². The molecule has 2 aromatic carbocycles. The molecule has 160 valence electrons. The first kappa shape index (κ1) is 24.9. The fourth-order valence-electron chi connectivity index (χ4n) is 2.39. The van der Waals surface area contributed by atoms with Gasteiger partial charge in [0.15, 0.2) is 12.6 Å². The number of nitrogens with one attached hydrogen (secondary N) is 2. The van der Waals surface area contributed by atoms with E-state index in [9.17, 15) is 13.2 Å². The van der Waals surface area contributed by atoms with Crippen molar-refractivity contribution in [2.75, 3.05) is 27.3 Å². The molecular formula is C20H25F3IN3O2. The highest BCUT2D eigenvalue weighted by molar-refractivity contribution is 14.0. The predicted octanol–water partition coefficient (Wildman–Crippen LogP) is 4.16. The summed E-state index contributed by atoms with van der Waals surface area (Å²) in [6, 6.07) is 14.3. The Bertz CT molecular complexity index is 751. The number of halogens is 4. The van der Waals surface area contributed by atoms with E-state index in [2.05, 4.69) is 15.6 Å². The van der Waals surface area contributed by atoms with Crippen molar-refractivity contribution < 1.29 is 22.6 Å². The molecule has 0 atom stereocenters. The SMILES string of the molecule is CN=C(NCCc1ccc(OC)cc1)NCc1ccc(OCC(F)(F)F)cc1.I. The van der Waals surface area contributed by atoms with Crippen LogP contribution in [-0.2, 0) is 13.0 Å². The summed E-state index contributed by atoms with van der Waals surface area (Å²) in [4.78, 5) is 4.16. The zero-order valence-corrected chi connectivity index (χ0v) is 18.6. The monoisotopic (exact) mass is 523 g/mol. The standard InChI is InChI=1S/C20H24F3N3O2.HI/c1-24-19(25-12-11-15-3-7-17(27-2)8-4-15)26-13-16-5-9-18(10-6-16)28-14-20(21,22)23;/h3-10H,11-14H2,1-2H3,(H2,24,25,26);1H. The molecule has 2 rings (SSSR count). The Hall–Kier alpha value is -2.17. The second-order valence-corrected chi connectivity index (χ2v) is 6.00. The summed E-state index contributed by atoms with van der Waals surface area (Å²) in [6.07, 6.45) is -3.51. The maximum absolute atomic E-state index is 12.2. The van der Waals surface area contributed by atoms with Gasteiger partial charge in [-0.1, -0.05) is 24.3 Å². The van der Waals surface area contributed by atoms with Gasteiger partial charge in [-0.05, 0) is 41.8 Å². The highest BCUT2D eigenvalue weighted by Crippen LogP contribution is 2.18. The number of rotatable bonds is 8. The van der Waals surface area contributed by atoms with E-state index in [0.717, 1.165) is 17.7 Å². The molecule has 2 N–H and O–H groups in total. The van der Waals surface area contributed by atoms with E-state index < -0.39 is 12.8 Å². The number of hydrogen-bond donors (Lipinski definition) is 2. The van der Waals surface area contributed by atoms with Gasteiger partial charge in [-0.3, -0.25) is 4.99 Å². The van der Waals surface area contributed by atoms with Gasteiger partial charge >= 0.3 is 6.18 Å². The third-order valence-corrected chi connectivity index (χ3v) is 3.87. The third-order valence-electron chi connectivity index (χ3n) is 3.87. The van der Waals surface area contributed by atoms with Crippen LogP contribution in [0.15, 0.2) is 53.5 Å². The lowest BCUT2D eigenvalue weighted by Crippen LogP contribution is -2.37. The highest BCUT2D eigenvalue weighted by Gasteiger charge is 2.28. The van der Waals surface area contributed by atoms with Crippen LogP contribution < -0.4 is 20.1 Å². The molecule has 0 heterocycles. The van der Waals surface area contributed by atoms with Gasteiger partial charge in [0.2, 0.25) is 0 Å². The van der Waals surface area contributed by atoms with Gasteiger partial charge in [-0.15, -0.1) is 24.0 Å². The third kappa shape index (κ3) is 9.73. The van der Waals surface area contributed by atoms with Crippen LogP contribution in [0.1, 0.15) is 11.1 Å². The molecular weight excluding hydrogens is 498 g/mol. The highest BCUT2D eigenvalue weighted by atomic mass is 127. The van der Waals surface area contributed by atoms with Crippen LogP contribution in [0.4, 0.5) is 13.2 Å². The Morgan fingerprint density at radius 3 is 2.07 bits per heavy atom. The fourth-order valence-corrected chi connectivity index (χ4v) is 2.39. The number of hydrogen-bond acceptors (Lipinski definition) is 3. The van der Waals surface area contributed by atoms with Crippen LogP contribution in [0.25, 0.3) is 0 Å². The number of benzene rings is 2. The molecule has 0 saturated heterocycles. The van der Waals surface area contributed by atoms with Gasteiger partial charge in [0.1, 0.15) is 11.5 Å². The Labute approximate surface area is 185 Å². The van der Waals surface area contributed by atoms with E-state index >= 15 is 0 Å². The number of alkyl halides is 3. The minimum Gasteiger partial charge on any atom is -0.497 e. The summed E-state index contributed by atoms with van der Waals surface area (Å²) in [5.74, 6) is 1.65. The molecule has 0 amide bonds. The quantitative estimate of drug-likeness (QED) is 0.310. The Kier molecular flexibility index (Phi) is 10.6. The number of ether oxygens (including phenoxy) is 2. The van der Waals surface area contributed by atoms with E-state index in [-0.39, 0.29) is 29.7 Å². The molecule has 0 unspecified atom stereocenters. The maximum Gasteiger partial charge on any atom is 0.422 e. The molecule has 0 aromatic heterocycles. The molecule has 0 spiro atoms. The summed E-state index contributed by atoms with van der Waals surface area (Å²) in [6.45, 7) is -0.104. The molecule has 5 nitrogen and oxygen atoms in total. The lowest BCUT2D eigenvalue weighted by Gasteiger charge is -2.13. The van der Waals surface area contributed by atoms with E-state index in [1.165, 1.54) is 17.7 Å². The first-order valence-electron chi connectivity index (χ1n) is 8.75. The van der Waals surface area contributed by atoms with E-state index in [4.69, 9.17) is 9.47 Å². The minimum absolute atomic E-state index is 0. The lowest BCUT2D eigenvalue weighted by molar-refractivity contribution is -0.153. The van der Waals surface area contributed by atoms with Crippen molar-refractivity contribution in [1.82, 2.24) is 10.6 Å². The fraction of sp³-hybridized carbons (Fsp3) is 0.350. The van der Waals surface area contributed by atoms with Crippen molar-refractivity contribution in [3.05, 3.63) is 59.7 Å². The molecule has 0 radical (unpaired) electrons. The van der Waals surface area contributed by atoms with Crippen molar-refractivity contribution in [2.45, 2.75) is 19.1 Å². The molecule has 0 fully saturated rings. The van der Waals surface area contributed by atoms with Gasteiger partial charge in [-0.25, -0.2) is 0 Å². The summed E-state index contributed by atoms with van der Waals surface area (Å²) in [5.41, 5.74) is 2.08. The first-order chi connectivity index (χ1) is 13.4. The molecule has 0 aliphatic heterocycles. The topological polar surface area (TPSA) is 54.9 Å². The van der Waals surface area contributed by atoms with Gasteiger partial charge < -0.3 is 20.1 Å². The van der Waals surface area contributed by atoms with Crippen molar-refractivity contribution in [3.8, 4) is 11.5 Å². The summed E-state index contributed by atoms with van der Waals surface area (Å²) >= 11 is 0. The van der Waals surface area contributed by atoms with Crippen molar-refractivity contribution in [1.29, 1.82) is 0 Å². The number of methoxy groups -OCH3 is 1. The molecule has 0 aliphatic rings. The number of nitrogens with zero attached hydrogens (tertiary/aromatic N) is 1. The molecule has 9 heteroatoms. The zero-order chi connectivity index (χ0) is 20.4. The van der Waals surface area contributed by atoms with Gasteiger partial charge in [0, 0.05) is 20.1 Å². The zero-order valence-electron chi connectivity index (χ0n) is 16.3. The van der Waals surface area contributed by atoms with E-state index in [1.54, 1.807) is 26.3 Å². The number of aliphatic imine (C=N–C) groups is 1. The van der Waals surface area contributed by atoms with Crippen molar-refractivity contribution in [3.63, 3.8) is 0 Å². The van der Waals surface area contributed by atoms with E-state index in [0.29, 0.717) is 19.0 Å². The molecule has 2 aromatic rings. The van der Waals surface area contributed by atoms with Crippen LogP contribution in [0, 0.1) is 0 Å². The second kappa shape index (κ2) is 12.4. The van der Waals surface area contributed by atoms with Gasteiger partial charge in [0.25, 0.3) is 0 Å². The molecule has 0 bridgehead atoms. The van der Waals surface area contributed by atoms with Crippen molar-refractivity contribution >= 4 is 29.9 Å². The maximum atomic E-state index is 12.2. The Balaban J connectivity index is 0.00000420. The predicted molar refractivity (Wildman–Crippen MR) is 118 cm³/mol. The van der Waals surface area contributed by atoms with Gasteiger partial charge in [0.05, 0.1) is 7.11 Å². The average molecular weight is 523 g/mol. The summed E-state index contributed by atoms with van der Waals surface area (Å²) < 4.78 is 46.3. The Morgan fingerprint density at radius 2 is 1.52 bits per heavy atom. The average Bonchev–Trinajstić information content (AvgIpc) is 2.69. The lowest BCUT2D eigenvalue weighted by atomic mass is 10.1. The molecule has 0 saturated carbocycles. The van der Waals surface area contributed by atoms with Gasteiger partial charge in [-0.2, -0.15) is 13.2 Å². The smallest absolute Gasteiger partial charge is 0.422 e. The van der Waals surface area contributed by atoms with E-state index in [1.807, 2.05) is 24.3 Å².